The summed E-state index contributed by atoms with van der Waals surface area (Å²) in [6, 6.07) is 1.55. The zero-order valence-electron chi connectivity index (χ0n) is 8.88. The van der Waals surface area contributed by atoms with Gasteiger partial charge in [0.05, 0.1) is 6.61 Å². The summed E-state index contributed by atoms with van der Waals surface area (Å²) < 4.78 is 10.6. The van der Waals surface area contributed by atoms with Crippen LogP contribution in [0, 0.1) is 0 Å². The normalized spacial score (nSPS) is 9.81. The Hall–Kier alpha value is -2.05. The highest BCUT2D eigenvalue weighted by atomic mass is 16.6. The number of ether oxygens (including phenoxy) is 2. The minimum atomic E-state index is -0.573. The first-order valence-electron chi connectivity index (χ1n) is 4.72. The number of anilines is 1. The number of carbonyl (C=O) groups excluding carboxylic acids is 2. The van der Waals surface area contributed by atoms with Gasteiger partial charge in [0.1, 0.15) is 12.4 Å². The number of nitrogens with two attached hydrogens (primary N) is 1. The van der Waals surface area contributed by atoms with E-state index in [-0.39, 0.29) is 19.8 Å². The van der Waals surface area contributed by atoms with Crippen molar-refractivity contribution in [1.82, 2.24) is 9.78 Å². The van der Waals surface area contributed by atoms with E-state index in [1.807, 2.05) is 0 Å². The van der Waals surface area contributed by atoms with Crippen LogP contribution >= 0.6 is 0 Å². The molecule has 0 aliphatic heterocycles. The van der Waals surface area contributed by atoms with Gasteiger partial charge in [-0.25, -0.2) is 4.79 Å². The molecule has 0 spiro atoms. The molecule has 0 saturated carbocycles. The van der Waals surface area contributed by atoms with Crippen molar-refractivity contribution in [3.05, 3.63) is 12.3 Å². The number of carbonyl (C=O) groups is 2. The molecule has 0 aliphatic rings. The van der Waals surface area contributed by atoms with Crippen LogP contribution in [0.25, 0.3) is 0 Å². The van der Waals surface area contributed by atoms with Gasteiger partial charge in [-0.2, -0.15) is 5.10 Å². The average Bonchev–Trinajstić information content (AvgIpc) is 2.61. The summed E-state index contributed by atoms with van der Waals surface area (Å²) in [5.74, 6) is -0.829. The number of hydrogen-bond donors (Lipinski definition) is 1. The molecule has 0 fully saturated rings. The molecular formula is C9H13N3O4. The van der Waals surface area contributed by atoms with Crippen molar-refractivity contribution in [3.8, 4) is 0 Å². The third kappa shape index (κ3) is 3.99. The van der Waals surface area contributed by atoms with Crippen molar-refractivity contribution in [1.29, 1.82) is 0 Å². The lowest BCUT2D eigenvalue weighted by Gasteiger charge is -2.04. The fourth-order valence-electron chi connectivity index (χ4n) is 0.985. The van der Waals surface area contributed by atoms with E-state index in [9.17, 15) is 9.59 Å². The van der Waals surface area contributed by atoms with Crippen molar-refractivity contribution in [2.75, 3.05) is 18.9 Å². The van der Waals surface area contributed by atoms with Gasteiger partial charge in [0.2, 0.25) is 0 Å². The van der Waals surface area contributed by atoms with E-state index in [4.69, 9.17) is 5.73 Å². The molecule has 7 heteroatoms. The van der Waals surface area contributed by atoms with Gasteiger partial charge in [0.15, 0.2) is 6.61 Å². The number of aromatic nitrogens is 2. The van der Waals surface area contributed by atoms with Crippen molar-refractivity contribution in [2.45, 2.75) is 13.5 Å². The molecule has 1 rings (SSSR count). The molecule has 1 aromatic rings. The van der Waals surface area contributed by atoms with Crippen LogP contribution in [-0.4, -0.2) is 34.9 Å². The second-order valence-corrected chi connectivity index (χ2v) is 2.90. The van der Waals surface area contributed by atoms with Gasteiger partial charge in [-0.1, -0.05) is 0 Å². The molecule has 0 saturated heterocycles. The number of rotatable bonds is 5. The predicted octanol–water partition coefficient (Wildman–Crippen LogP) is -0.428. The van der Waals surface area contributed by atoms with Crippen LogP contribution in [0.2, 0.25) is 0 Å². The fourth-order valence-corrected chi connectivity index (χ4v) is 0.985. The van der Waals surface area contributed by atoms with Crippen LogP contribution in [0.15, 0.2) is 12.3 Å². The van der Waals surface area contributed by atoms with Crippen LogP contribution < -0.4 is 5.73 Å². The summed E-state index contributed by atoms with van der Waals surface area (Å²) in [6.07, 6.45) is 1.54. The molecule has 0 bridgehead atoms. The van der Waals surface area contributed by atoms with Crippen molar-refractivity contribution < 1.29 is 19.1 Å². The Bertz CT molecular complexity index is 375. The maximum absolute atomic E-state index is 11.2. The first-order chi connectivity index (χ1) is 7.61. The average molecular weight is 227 g/mol. The maximum atomic E-state index is 11.2. The minimum Gasteiger partial charge on any atom is -0.463 e. The van der Waals surface area contributed by atoms with E-state index in [1.165, 1.54) is 4.68 Å². The molecule has 1 aromatic heterocycles. The first-order valence-corrected chi connectivity index (χ1v) is 4.72. The van der Waals surface area contributed by atoms with Gasteiger partial charge in [0.25, 0.3) is 0 Å². The number of nitrogens with zero attached hydrogens (tertiary/aromatic N) is 2. The predicted molar refractivity (Wildman–Crippen MR) is 54.2 cm³/mol. The summed E-state index contributed by atoms with van der Waals surface area (Å²) in [7, 11) is 0. The summed E-state index contributed by atoms with van der Waals surface area (Å²) in [6.45, 7) is 1.46. The summed E-state index contributed by atoms with van der Waals surface area (Å²) in [4.78, 5) is 22.1. The molecule has 2 N–H and O–H groups in total. The molecule has 0 amide bonds. The molecule has 0 aliphatic carbocycles. The van der Waals surface area contributed by atoms with E-state index in [0.717, 1.165) is 0 Å². The number of hydrogen-bond acceptors (Lipinski definition) is 6. The standard InChI is InChI=1S/C9H13N3O4/c1-2-15-9(14)6-16-8(13)5-12-4-3-7(10)11-12/h3-4H,2,5-6H2,1H3,(H2,10,11). The number of nitrogen functional groups attached to an aromatic ring is 1. The second kappa shape index (κ2) is 5.74. The summed E-state index contributed by atoms with van der Waals surface area (Å²) >= 11 is 0. The second-order valence-electron chi connectivity index (χ2n) is 2.90. The smallest absolute Gasteiger partial charge is 0.344 e. The topological polar surface area (TPSA) is 96.4 Å². The van der Waals surface area contributed by atoms with Crippen LogP contribution in [-0.2, 0) is 25.6 Å². The Morgan fingerprint density at radius 1 is 1.44 bits per heavy atom. The first kappa shape index (κ1) is 12.0. The molecule has 7 nitrogen and oxygen atoms in total. The van der Waals surface area contributed by atoms with Gasteiger partial charge in [-0.05, 0) is 13.0 Å². The SMILES string of the molecule is CCOC(=O)COC(=O)Cn1ccc(N)n1. The minimum absolute atomic E-state index is 0.0867. The lowest BCUT2D eigenvalue weighted by atomic mass is 10.6. The highest BCUT2D eigenvalue weighted by Gasteiger charge is 2.09. The molecule has 88 valence electrons. The molecular weight excluding hydrogens is 214 g/mol. The van der Waals surface area contributed by atoms with Gasteiger partial charge in [-0.3, -0.25) is 9.48 Å². The van der Waals surface area contributed by atoms with Crippen molar-refractivity contribution in [2.24, 2.45) is 0 Å². The molecule has 0 unspecified atom stereocenters. The third-order valence-electron chi connectivity index (χ3n) is 1.61. The van der Waals surface area contributed by atoms with Crippen LogP contribution in [0.4, 0.5) is 5.82 Å². The van der Waals surface area contributed by atoms with Crippen LogP contribution in [0.3, 0.4) is 0 Å². The van der Waals surface area contributed by atoms with E-state index in [1.54, 1.807) is 19.2 Å². The Labute approximate surface area is 92.1 Å². The molecule has 16 heavy (non-hydrogen) atoms. The van der Waals surface area contributed by atoms with Gasteiger partial charge in [-0.15, -0.1) is 0 Å². The van der Waals surface area contributed by atoms with Gasteiger partial charge >= 0.3 is 11.9 Å². The van der Waals surface area contributed by atoms with Crippen LogP contribution in [0.1, 0.15) is 6.92 Å². The molecule has 1 heterocycles. The lowest BCUT2D eigenvalue weighted by molar-refractivity contribution is -0.158. The Kier molecular flexibility index (Phi) is 4.31. The Morgan fingerprint density at radius 3 is 2.75 bits per heavy atom. The molecule has 0 atom stereocenters. The Balaban J connectivity index is 2.28. The largest absolute Gasteiger partial charge is 0.463 e. The molecule has 0 aromatic carbocycles. The van der Waals surface area contributed by atoms with Crippen molar-refractivity contribution in [3.63, 3.8) is 0 Å². The highest BCUT2D eigenvalue weighted by molar-refractivity contribution is 5.76. The summed E-state index contributed by atoms with van der Waals surface area (Å²) in [5, 5.41) is 3.79. The highest BCUT2D eigenvalue weighted by Crippen LogP contribution is 1.96. The monoisotopic (exact) mass is 227 g/mol. The fraction of sp³-hybridized carbons (Fsp3) is 0.444. The third-order valence-corrected chi connectivity index (χ3v) is 1.61. The van der Waals surface area contributed by atoms with E-state index < -0.39 is 11.9 Å². The Morgan fingerprint density at radius 2 is 2.19 bits per heavy atom. The summed E-state index contributed by atoms with van der Waals surface area (Å²) in [5.41, 5.74) is 5.36. The zero-order chi connectivity index (χ0) is 12.0. The quantitative estimate of drug-likeness (QED) is 0.686. The maximum Gasteiger partial charge on any atom is 0.344 e. The zero-order valence-corrected chi connectivity index (χ0v) is 8.88. The number of esters is 2. The van der Waals surface area contributed by atoms with Gasteiger partial charge in [0, 0.05) is 6.20 Å². The van der Waals surface area contributed by atoms with E-state index in [2.05, 4.69) is 14.6 Å². The van der Waals surface area contributed by atoms with Crippen LogP contribution in [0.5, 0.6) is 0 Å². The van der Waals surface area contributed by atoms with Crippen molar-refractivity contribution >= 4 is 17.8 Å². The van der Waals surface area contributed by atoms with Gasteiger partial charge < -0.3 is 15.2 Å². The molecule has 0 radical (unpaired) electrons. The lowest BCUT2D eigenvalue weighted by Crippen LogP contribution is -2.20. The van der Waals surface area contributed by atoms with E-state index >= 15 is 0 Å². The van der Waals surface area contributed by atoms with E-state index in [0.29, 0.717) is 5.82 Å².